The Morgan fingerprint density at radius 3 is 2.88 bits per heavy atom. The zero-order chi connectivity index (χ0) is 12.8. The lowest BCUT2D eigenvalue weighted by Gasteiger charge is -2.16. The van der Waals surface area contributed by atoms with Gasteiger partial charge < -0.3 is 15.8 Å². The number of hydrogen-bond acceptors (Lipinski definition) is 3. The molecule has 17 heavy (non-hydrogen) atoms. The molecule has 1 rings (SSSR count). The minimum atomic E-state index is -0.672. The maximum absolute atomic E-state index is 11.0. The van der Waals surface area contributed by atoms with E-state index < -0.39 is 12.0 Å². The highest BCUT2D eigenvalue weighted by Gasteiger charge is 2.14. The summed E-state index contributed by atoms with van der Waals surface area (Å²) in [4.78, 5) is 11.0. The van der Waals surface area contributed by atoms with E-state index in [2.05, 4.69) is 5.32 Å². The minimum absolute atomic E-state index is 0.501. The first-order valence-electron chi connectivity index (χ1n) is 5.50. The number of ether oxygens (including phenoxy) is 1. The number of hydrogen-bond donors (Lipinski definition) is 2. The van der Waals surface area contributed by atoms with Crippen LogP contribution in [0.2, 0.25) is 5.02 Å². The summed E-state index contributed by atoms with van der Waals surface area (Å²) in [7, 11) is 0. The van der Waals surface area contributed by atoms with Crippen molar-refractivity contribution in [2.45, 2.75) is 26.5 Å². The summed E-state index contributed by atoms with van der Waals surface area (Å²) < 4.78 is 5.49. The molecule has 0 bridgehead atoms. The number of primary amides is 1. The van der Waals surface area contributed by atoms with Gasteiger partial charge in [-0.3, -0.25) is 4.79 Å². The normalized spacial score (nSPS) is 12.2. The van der Waals surface area contributed by atoms with Gasteiger partial charge in [0.1, 0.15) is 5.75 Å². The van der Waals surface area contributed by atoms with Crippen molar-refractivity contribution < 1.29 is 9.53 Å². The summed E-state index contributed by atoms with van der Waals surface area (Å²) in [5.41, 5.74) is 6.00. The molecular formula is C12H17ClN2O2. The summed E-state index contributed by atoms with van der Waals surface area (Å²) in [6.45, 7) is 5.04. The quantitative estimate of drug-likeness (QED) is 0.814. The highest BCUT2D eigenvalue weighted by atomic mass is 35.5. The minimum Gasteiger partial charge on any atom is -0.481 e. The van der Waals surface area contributed by atoms with E-state index in [1.54, 1.807) is 25.1 Å². The molecule has 1 amide bonds. The van der Waals surface area contributed by atoms with Crippen molar-refractivity contribution in [2.24, 2.45) is 5.73 Å². The Morgan fingerprint density at radius 1 is 1.59 bits per heavy atom. The predicted molar refractivity (Wildman–Crippen MR) is 68.1 cm³/mol. The molecule has 94 valence electrons. The van der Waals surface area contributed by atoms with E-state index in [1.807, 2.05) is 6.92 Å². The predicted octanol–water partition coefficient (Wildman–Crippen LogP) is 1.70. The van der Waals surface area contributed by atoms with Gasteiger partial charge in [0.05, 0.1) is 0 Å². The van der Waals surface area contributed by atoms with Crippen molar-refractivity contribution in [3.63, 3.8) is 0 Å². The van der Waals surface area contributed by atoms with Crippen LogP contribution in [0, 0.1) is 0 Å². The summed E-state index contributed by atoms with van der Waals surface area (Å²) in [5.74, 6) is 0.0872. The first kappa shape index (κ1) is 13.8. The Hall–Kier alpha value is -1.26. The Bertz CT molecular complexity index is 396. The van der Waals surface area contributed by atoms with Gasteiger partial charge in [0, 0.05) is 17.1 Å². The van der Waals surface area contributed by atoms with Crippen LogP contribution in [0.15, 0.2) is 18.2 Å². The second kappa shape index (κ2) is 6.47. The van der Waals surface area contributed by atoms with Gasteiger partial charge >= 0.3 is 0 Å². The summed E-state index contributed by atoms with van der Waals surface area (Å²) >= 11 is 6.09. The maximum Gasteiger partial charge on any atom is 0.258 e. The molecule has 1 unspecified atom stereocenters. The van der Waals surface area contributed by atoms with Gasteiger partial charge in [-0.25, -0.2) is 0 Å². The first-order valence-corrected chi connectivity index (χ1v) is 5.88. The Morgan fingerprint density at radius 2 is 2.29 bits per heavy atom. The van der Waals surface area contributed by atoms with Crippen molar-refractivity contribution in [3.8, 4) is 5.75 Å². The number of nitrogens with two attached hydrogens (primary N) is 1. The largest absolute Gasteiger partial charge is 0.481 e. The summed E-state index contributed by atoms with van der Waals surface area (Å²) in [6, 6.07) is 5.34. The van der Waals surface area contributed by atoms with Crippen LogP contribution in [0.5, 0.6) is 5.75 Å². The molecular weight excluding hydrogens is 240 g/mol. The highest BCUT2D eigenvalue weighted by Crippen LogP contribution is 2.27. The van der Waals surface area contributed by atoms with E-state index in [1.165, 1.54) is 0 Å². The standard InChI is InChI=1S/C12H17ClN2O2/c1-3-15-7-9-10(13)5-4-6-11(9)17-8(2)12(14)16/h4-6,8,15H,3,7H2,1-2H3,(H2,14,16). The zero-order valence-electron chi connectivity index (χ0n) is 10.00. The molecule has 0 saturated heterocycles. The van der Waals surface area contributed by atoms with E-state index in [4.69, 9.17) is 22.1 Å². The maximum atomic E-state index is 11.0. The average molecular weight is 257 g/mol. The van der Waals surface area contributed by atoms with E-state index in [9.17, 15) is 4.79 Å². The molecule has 0 heterocycles. The molecule has 1 aromatic rings. The van der Waals surface area contributed by atoms with E-state index in [0.717, 1.165) is 12.1 Å². The molecule has 0 radical (unpaired) electrons. The number of halogens is 1. The van der Waals surface area contributed by atoms with E-state index in [0.29, 0.717) is 17.3 Å². The lowest BCUT2D eigenvalue weighted by molar-refractivity contribution is -0.124. The zero-order valence-corrected chi connectivity index (χ0v) is 10.8. The van der Waals surface area contributed by atoms with E-state index >= 15 is 0 Å². The topological polar surface area (TPSA) is 64.3 Å². The summed E-state index contributed by atoms with van der Waals surface area (Å²) in [6.07, 6.45) is -0.672. The fourth-order valence-electron chi connectivity index (χ4n) is 1.32. The van der Waals surface area contributed by atoms with Crippen LogP contribution < -0.4 is 15.8 Å². The van der Waals surface area contributed by atoms with Gasteiger partial charge in [0.2, 0.25) is 0 Å². The molecule has 1 atom stereocenters. The molecule has 0 aliphatic heterocycles. The third-order valence-corrected chi connectivity index (χ3v) is 2.69. The van der Waals surface area contributed by atoms with Crippen molar-refractivity contribution in [3.05, 3.63) is 28.8 Å². The van der Waals surface area contributed by atoms with Crippen molar-refractivity contribution in [1.82, 2.24) is 5.32 Å². The van der Waals surface area contributed by atoms with Gasteiger partial charge in [-0.2, -0.15) is 0 Å². The Kier molecular flexibility index (Phi) is 5.25. The third kappa shape index (κ3) is 3.91. The Labute approximate surface area is 106 Å². The number of rotatable bonds is 6. The van der Waals surface area contributed by atoms with Crippen LogP contribution in [-0.2, 0) is 11.3 Å². The highest BCUT2D eigenvalue weighted by molar-refractivity contribution is 6.31. The van der Waals surface area contributed by atoms with Crippen LogP contribution in [0.3, 0.4) is 0 Å². The molecule has 3 N–H and O–H groups in total. The van der Waals surface area contributed by atoms with Gasteiger partial charge in [-0.15, -0.1) is 0 Å². The molecule has 0 saturated carbocycles. The molecule has 0 aromatic heterocycles. The van der Waals surface area contributed by atoms with Gasteiger partial charge in [-0.1, -0.05) is 24.6 Å². The first-order chi connectivity index (χ1) is 8.06. The molecule has 4 nitrogen and oxygen atoms in total. The van der Waals surface area contributed by atoms with Crippen LogP contribution in [-0.4, -0.2) is 18.6 Å². The second-order valence-corrected chi connectivity index (χ2v) is 4.07. The van der Waals surface area contributed by atoms with Crippen molar-refractivity contribution >= 4 is 17.5 Å². The monoisotopic (exact) mass is 256 g/mol. The molecule has 5 heteroatoms. The van der Waals surface area contributed by atoms with Gasteiger partial charge in [-0.05, 0) is 25.6 Å². The number of nitrogens with one attached hydrogen (secondary N) is 1. The van der Waals surface area contributed by atoms with Crippen LogP contribution in [0.4, 0.5) is 0 Å². The second-order valence-electron chi connectivity index (χ2n) is 3.66. The van der Waals surface area contributed by atoms with Crippen LogP contribution >= 0.6 is 11.6 Å². The molecule has 1 aromatic carbocycles. The lowest BCUT2D eigenvalue weighted by Crippen LogP contribution is -2.31. The van der Waals surface area contributed by atoms with Crippen LogP contribution in [0.25, 0.3) is 0 Å². The fraction of sp³-hybridized carbons (Fsp3) is 0.417. The third-order valence-electron chi connectivity index (χ3n) is 2.33. The smallest absolute Gasteiger partial charge is 0.258 e. The van der Waals surface area contributed by atoms with E-state index in [-0.39, 0.29) is 0 Å². The van der Waals surface area contributed by atoms with Crippen LogP contribution in [0.1, 0.15) is 19.4 Å². The average Bonchev–Trinajstić information content (AvgIpc) is 2.28. The molecule has 0 fully saturated rings. The molecule has 0 spiro atoms. The number of carbonyl (C=O) groups excluding carboxylic acids is 1. The number of amides is 1. The molecule has 0 aliphatic rings. The van der Waals surface area contributed by atoms with Crippen molar-refractivity contribution in [2.75, 3.05) is 6.54 Å². The lowest BCUT2D eigenvalue weighted by atomic mass is 10.2. The number of carbonyl (C=O) groups is 1. The SMILES string of the molecule is CCNCc1c(Cl)cccc1OC(C)C(N)=O. The number of benzene rings is 1. The van der Waals surface area contributed by atoms with Gasteiger partial charge in [0.25, 0.3) is 5.91 Å². The molecule has 0 aliphatic carbocycles. The summed E-state index contributed by atoms with van der Waals surface area (Å²) in [5, 5.41) is 3.78. The Balaban J connectivity index is 2.89. The van der Waals surface area contributed by atoms with Crippen molar-refractivity contribution in [1.29, 1.82) is 0 Å². The van der Waals surface area contributed by atoms with Gasteiger partial charge in [0.15, 0.2) is 6.10 Å². The fourth-order valence-corrected chi connectivity index (χ4v) is 1.55.